The van der Waals surface area contributed by atoms with Crippen molar-refractivity contribution in [1.82, 2.24) is 20.5 Å². The molecule has 22 heavy (non-hydrogen) atoms. The Morgan fingerprint density at radius 1 is 1.32 bits per heavy atom. The number of hydrogen-bond acceptors (Lipinski definition) is 4. The van der Waals surface area contributed by atoms with E-state index < -0.39 is 0 Å². The number of amides is 1. The van der Waals surface area contributed by atoms with Gasteiger partial charge >= 0.3 is 0 Å². The van der Waals surface area contributed by atoms with Crippen molar-refractivity contribution in [3.05, 3.63) is 17.3 Å². The highest BCUT2D eigenvalue weighted by Gasteiger charge is 2.06. The molecule has 0 aliphatic rings. The van der Waals surface area contributed by atoms with Gasteiger partial charge in [-0.2, -0.15) is 0 Å². The molecule has 1 aromatic heterocycles. The Balaban J connectivity index is 0.00000441. The lowest BCUT2D eigenvalue weighted by Gasteiger charge is -2.13. The van der Waals surface area contributed by atoms with E-state index in [4.69, 9.17) is 4.42 Å². The molecule has 0 saturated heterocycles. The van der Waals surface area contributed by atoms with Gasteiger partial charge in [-0.25, -0.2) is 9.98 Å². The normalized spacial score (nSPS) is 10.9. The number of oxazole rings is 1. The largest absolute Gasteiger partial charge is 0.444 e. The second-order valence-electron chi connectivity index (χ2n) is 4.91. The average Bonchev–Trinajstić information content (AvgIpc) is 2.74. The third kappa shape index (κ3) is 7.10. The highest BCUT2D eigenvalue weighted by atomic mass is 127. The molecule has 8 heteroatoms. The lowest BCUT2D eigenvalue weighted by molar-refractivity contribution is -0.128. The number of aromatic nitrogens is 1. The van der Waals surface area contributed by atoms with Gasteiger partial charge in [-0.05, 0) is 20.8 Å². The van der Waals surface area contributed by atoms with E-state index in [2.05, 4.69) is 20.6 Å². The number of guanidine groups is 1. The van der Waals surface area contributed by atoms with E-state index in [9.17, 15) is 4.79 Å². The number of hydrogen-bond donors (Lipinski definition) is 2. The first kappa shape index (κ1) is 20.7. The first-order valence-electron chi connectivity index (χ1n) is 7.09. The molecule has 0 aliphatic carbocycles. The van der Waals surface area contributed by atoms with Gasteiger partial charge < -0.3 is 20.0 Å². The minimum atomic E-state index is 0. The maximum atomic E-state index is 11.5. The molecule has 0 unspecified atom stereocenters. The van der Waals surface area contributed by atoms with Gasteiger partial charge in [0.25, 0.3) is 0 Å². The molecule has 0 spiro atoms. The molecule has 0 saturated carbocycles. The van der Waals surface area contributed by atoms with Crippen molar-refractivity contribution in [2.24, 2.45) is 4.99 Å². The fourth-order valence-electron chi connectivity index (χ4n) is 1.61. The summed E-state index contributed by atoms with van der Waals surface area (Å²) in [5, 5.41) is 6.24. The SMILES string of the molecule is CCNC(=NCc1nc(C)c(C)o1)NCCC(=O)N(C)C.I. The molecule has 2 N–H and O–H groups in total. The van der Waals surface area contributed by atoms with Crippen LogP contribution in [-0.4, -0.2) is 48.9 Å². The number of carbonyl (C=O) groups excluding carboxylic acids is 1. The monoisotopic (exact) mass is 423 g/mol. The topological polar surface area (TPSA) is 82.8 Å². The zero-order valence-corrected chi connectivity index (χ0v) is 16.2. The summed E-state index contributed by atoms with van der Waals surface area (Å²) in [5.74, 6) is 2.14. The highest BCUT2D eigenvalue weighted by Crippen LogP contribution is 2.08. The summed E-state index contributed by atoms with van der Waals surface area (Å²) >= 11 is 0. The van der Waals surface area contributed by atoms with E-state index in [1.54, 1.807) is 19.0 Å². The molecule has 7 nitrogen and oxygen atoms in total. The summed E-state index contributed by atoms with van der Waals surface area (Å²) in [6.45, 7) is 7.42. The molecule has 1 heterocycles. The Kier molecular flexibility index (Phi) is 9.79. The Labute approximate surface area is 149 Å². The predicted molar refractivity (Wildman–Crippen MR) is 97.5 cm³/mol. The van der Waals surface area contributed by atoms with E-state index in [1.165, 1.54) is 0 Å². The van der Waals surface area contributed by atoms with Crippen molar-refractivity contribution in [2.45, 2.75) is 33.7 Å². The van der Waals surface area contributed by atoms with Gasteiger partial charge in [-0.15, -0.1) is 24.0 Å². The third-order valence-corrected chi connectivity index (χ3v) is 2.92. The molecular weight excluding hydrogens is 397 g/mol. The van der Waals surface area contributed by atoms with E-state index in [1.807, 2.05) is 20.8 Å². The van der Waals surface area contributed by atoms with Crippen LogP contribution in [0.3, 0.4) is 0 Å². The lowest BCUT2D eigenvalue weighted by atomic mass is 10.4. The number of nitrogens with one attached hydrogen (secondary N) is 2. The standard InChI is InChI=1S/C14H25N5O2.HI/c1-6-15-14(16-8-7-13(20)19(4)5)17-9-12-18-10(2)11(3)21-12;/h6-9H2,1-5H3,(H2,15,16,17);1H. The van der Waals surface area contributed by atoms with Crippen molar-refractivity contribution in [3.63, 3.8) is 0 Å². The van der Waals surface area contributed by atoms with Gasteiger partial charge in [0, 0.05) is 33.6 Å². The van der Waals surface area contributed by atoms with E-state index in [-0.39, 0.29) is 29.9 Å². The quantitative estimate of drug-likeness (QED) is 0.411. The molecule has 0 atom stereocenters. The van der Waals surface area contributed by atoms with Crippen LogP contribution in [0.15, 0.2) is 9.41 Å². The fourth-order valence-corrected chi connectivity index (χ4v) is 1.61. The molecule has 0 aliphatic heterocycles. The molecule has 0 fully saturated rings. The summed E-state index contributed by atoms with van der Waals surface area (Å²) < 4.78 is 5.48. The van der Waals surface area contributed by atoms with Crippen molar-refractivity contribution < 1.29 is 9.21 Å². The molecule has 0 aromatic carbocycles. The van der Waals surface area contributed by atoms with Crippen molar-refractivity contribution in [3.8, 4) is 0 Å². The van der Waals surface area contributed by atoms with Crippen LogP contribution in [0.5, 0.6) is 0 Å². The molecule has 0 bridgehead atoms. The first-order chi connectivity index (χ1) is 9.93. The fraction of sp³-hybridized carbons (Fsp3) is 0.643. The summed E-state index contributed by atoms with van der Waals surface area (Å²) in [6.07, 6.45) is 0.425. The third-order valence-electron chi connectivity index (χ3n) is 2.92. The lowest BCUT2D eigenvalue weighted by Crippen LogP contribution is -2.39. The van der Waals surface area contributed by atoms with E-state index in [0.717, 1.165) is 18.0 Å². The van der Waals surface area contributed by atoms with Crippen LogP contribution in [0.2, 0.25) is 0 Å². The summed E-state index contributed by atoms with van der Waals surface area (Å²) in [5.41, 5.74) is 0.884. The van der Waals surface area contributed by atoms with Gasteiger partial charge in [-0.1, -0.05) is 0 Å². The maximum Gasteiger partial charge on any atom is 0.223 e. The van der Waals surface area contributed by atoms with Crippen molar-refractivity contribution in [1.29, 1.82) is 0 Å². The molecule has 1 amide bonds. The maximum absolute atomic E-state index is 11.5. The number of aliphatic imine (C=N–C) groups is 1. The Morgan fingerprint density at radius 2 is 2.00 bits per heavy atom. The van der Waals surface area contributed by atoms with Crippen molar-refractivity contribution in [2.75, 3.05) is 27.2 Å². The minimum absolute atomic E-state index is 0. The number of nitrogens with zero attached hydrogens (tertiary/aromatic N) is 3. The molecule has 1 aromatic rings. The molecular formula is C14H26IN5O2. The van der Waals surface area contributed by atoms with E-state index in [0.29, 0.717) is 31.4 Å². The minimum Gasteiger partial charge on any atom is -0.444 e. The Morgan fingerprint density at radius 3 is 2.50 bits per heavy atom. The number of rotatable bonds is 6. The van der Waals surface area contributed by atoms with Crippen LogP contribution >= 0.6 is 24.0 Å². The van der Waals surface area contributed by atoms with Gasteiger partial charge in [0.05, 0.1) is 5.69 Å². The van der Waals surface area contributed by atoms with Crippen LogP contribution in [0, 0.1) is 13.8 Å². The average molecular weight is 423 g/mol. The van der Waals surface area contributed by atoms with Crippen LogP contribution in [0.1, 0.15) is 30.7 Å². The summed E-state index contributed by atoms with van der Waals surface area (Å²) in [7, 11) is 3.49. The van der Waals surface area contributed by atoms with E-state index >= 15 is 0 Å². The van der Waals surface area contributed by atoms with Gasteiger partial charge in [0.15, 0.2) is 5.96 Å². The molecule has 1 rings (SSSR count). The van der Waals surface area contributed by atoms with Crippen molar-refractivity contribution >= 4 is 35.8 Å². The first-order valence-corrected chi connectivity index (χ1v) is 7.09. The van der Waals surface area contributed by atoms with Gasteiger partial charge in [0.2, 0.25) is 11.8 Å². The Hall–Kier alpha value is -1.32. The van der Waals surface area contributed by atoms with Crippen LogP contribution in [0.25, 0.3) is 0 Å². The second kappa shape index (κ2) is 10.4. The smallest absolute Gasteiger partial charge is 0.223 e. The number of aryl methyl sites for hydroxylation is 2. The number of carbonyl (C=O) groups is 1. The summed E-state index contributed by atoms with van der Waals surface area (Å²) in [4.78, 5) is 21.8. The molecule has 126 valence electrons. The number of halogens is 1. The van der Waals surface area contributed by atoms with Crippen LogP contribution in [-0.2, 0) is 11.3 Å². The second-order valence-corrected chi connectivity index (χ2v) is 4.91. The van der Waals surface area contributed by atoms with Crippen LogP contribution in [0.4, 0.5) is 0 Å². The zero-order chi connectivity index (χ0) is 15.8. The summed E-state index contributed by atoms with van der Waals surface area (Å²) in [6, 6.07) is 0. The Bertz CT molecular complexity index is 480. The predicted octanol–water partition coefficient (Wildman–Crippen LogP) is 1.44. The highest BCUT2D eigenvalue weighted by molar-refractivity contribution is 14.0. The van der Waals surface area contributed by atoms with Gasteiger partial charge in [0.1, 0.15) is 12.3 Å². The molecule has 0 radical (unpaired) electrons. The zero-order valence-electron chi connectivity index (χ0n) is 13.9. The van der Waals surface area contributed by atoms with Crippen LogP contribution < -0.4 is 10.6 Å². The van der Waals surface area contributed by atoms with Gasteiger partial charge in [-0.3, -0.25) is 4.79 Å².